The van der Waals surface area contributed by atoms with Crippen LogP contribution in [-0.2, 0) is 4.79 Å². The monoisotopic (exact) mass is 475 g/mol. The van der Waals surface area contributed by atoms with Crippen molar-refractivity contribution in [2.45, 2.75) is 0 Å². The minimum atomic E-state index is -0.522. The maximum Gasteiger partial charge on any atom is 0.339 e. The zero-order valence-corrected chi connectivity index (χ0v) is 19.0. The van der Waals surface area contributed by atoms with Crippen LogP contribution in [0.1, 0.15) is 5.56 Å². The van der Waals surface area contributed by atoms with Gasteiger partial charge >= 0.3 is 6.03 Å². The number of nitrogens with zero attached hydrogens (tertiary/aromatic N) is 2. The van der Waals surface area contributed by atoms with Crippen LogP contribution in [0.4, 0.5) is 21.9 Å². The summed E-state index contributed by atoms with van der Waals surface area (Å²) in [6.07, 6.45) is 1.54. The van der Waals surface area contributed by atoms with Gasteiger partial charge in [-0.25, -0.2) is 10.2 Å². The Morgan fingerprint density at radius 2 is 1.85 bits per heavy atom. The summed E-state index contributed by atoms with van der Waals surface area (Å²) in [6.45, 7) is -0.191. The van der Waals surface area contributed by atoms with Gasteiger partial charge in [0.05, 0.1) is 19.0 Å². The third-order valence-corrected chi connectivity index (χ3v) is 5.05. The minimum absolute atomic E-state index is 0.191. The van der Waals surface area contributed by atoms with Crippen LogP contribution in [0, 0.1) is 0 Å². The molecule has 10 heteroatoms. The highest BCUT2D eigenvalue weighted by Crippen LogP contribution is 2.35. The number of carbonyl (C=O) groups is 2. The molecule has 0 unspecified atom stereocenters. The van der Waals surface area contributed by atoms with Gasteiger partial charge in [0, 0.05) is 23.5 Å². The average Bonchev–Trinajstić information content (AvgIpc) is 2.84. The quantitative estimate of drug-likeness (QED) is 0.293. The predicted octanol–water partition coefficient (Wildman–Crippen LogP) is 3.97. The van der Waals surface area contributed by atoms with Crippen molar-refractivity contribution in [1.82, 2.24) is 5.43 Å². The SMILES string of the molecule is COc1cccc(NC(=S)N2C(=O)COc3cc(NC(=O)N/N=C/c4ccccc4)ccc32)c1. The van der Waals surface area contributed by atoms with Gasteiger partial charge in [-0.15, -0.1) is 0 Å². The Labute approximate surface area is 201 Å². The maximum absolute atomic E-state index is 12.6. The van der Waals surface area contributed by atoms with E-state index in [9.17, 15) is 9.59 Å². The summed E-state index contributed by atoms with van der Waals surface area (Å²) in [6, 6.07) is 21.0. The van der Waals surface area contributed by atoms with Gasteiger partial charge < -0.3 is 20.1 Å². The lowest BCUT2D eigenvalue weighted by Gasteiger charge is -2.30. The molecule has 3 aromatic carbocycles. The average molecular weight is 476 g/mol. The standard InChI is InChI=1S/C24H21N5O4S/c1-32-19-9-5-8-17(12-19)27-24(34)29-20-11-10-18(13-21(20)33-15-22(29)30)26-23(31)28-25-14-16-6-3-2-4-7-16/h2-14H,15H2,1H3,(H,27,34)(H2,26,28,31)/b25-14+. The first-order valence-electron chi connectivity index (χ1n) is 10.2. The lowest BCUT2D eigenvalue weighted by Crippen LogP contribution is -2.45. The van der Waals surface area contributed by atoms with Gasteiger partial charge in [0.25, 0.3) is 5.91 Å². The van der Waals surface area contributed by atoms with Crippen LogP contribution in [0.3, 0.4) is 0 Å². The number of methoxy groups -OCH3 is 1. The number of ether oxygens (including phenoxy) is 2. The topological polar surface area (TPSA) is 104 Å². The number of thiocarbonyl (C=S) groups is 1. The van der Waals surface area contributed by atoms with E-state index in [1.807, 2.05) is 42.5 Å². The van der Waals surface area contributed by atoms with Crippen molar-refractivity contribution in [3.8, 4) is 11.5 Å². The third kappa shape index (κ3) is 5.48. The number of urea groups is 1. The normalized spacial score (nSPS) is 12.5. The molecule has 172 valence electrons. The molecule has 3 amide bonds. The van der Waals surface area contributed by atoms with Crippen molar-refractivity contribution in [3.63, 3.8) is 0 Å². The van der Waals surface area contributed by atoms with E-state index < -0.39 is 6.03 Å². The fraction of sp³-hybridized carbons (Fsp3) is 0.0833. The highest BCUT2D eigenvalue weighted by molar-refractivity contribution is 7.80. The Balaban J connectivity index is 1.43. The van der Waals surface area contributed by atoms with Gasteiger partial charge in [-0.1, -0.05) is 36.4 Å². The minimum Gasteiger partial charge on any atom is -0.497 e. The number of carbonyl (C=O) groups excluding carboxylic acids is 2. The first kappa shape index (κ1) is 22.7. The van der Waals surface area contributed by atoms with E-state index in [1.54, 1.807) is 37.4 Å². The molecule has 0 aromatic heterocycles. The van der Waals surface area contributed by atoms with Crippen LogP contribution in [0.15, 0.2) is 77.9 Å². The Morgan fingerprint density at radius 3 is 2.65 bits per heavy atom. The molecule has 4 rings (SSSR count). The summed E-state index contributed by atoms with van der Waals surface area (Å²) in [4.78, 5) is 26.1. The van der Waals surface area contributed by atoms with E-state index in [-0.39, 0.29) is 17.6 Å². The molecule has 0 atom stereocenters. The summed E-state index contributed by atoms with van der Waals surface area (Å²) in [5.74, 6) is 0.741. The van der Waals surface area contributed by atoms with Crippen LogP contribution in [0.2, 0.25) is 0 Å². The Kier molecular flexibility index (Phi) is 6.99. The van der Waals surface area contributed by atoms with Crippen molar-refractivity contribution in [1.29, 1.82) is 0 Å². The summed E-state index contributed by atoms with van der Waals surface area (Å²) < 4.78 is 10.8. The smallest absolute Gasteiger partial charge is 0.339 e. The summed E-state index contributed by atoms with van der Waals surface area (Å²) in [5, 5.41) is 9.83. The van der Waals surface area contributed by atoms with Gasteiger partial charge in [0.15, 0.2) is 11.7 Å². The zero-order valence-electron chi connectivity index (χ0n) is 18.1. The van der Waals surface area contributed by atoms with Crippen molar-refractivity contribution >= 4 is 52.5 Å². The molecule has 3 N–H and O–H groups in total. The molecule has 34 heavy (non-hydrogen) atoms. The number of hydrogen-bond acceptors (Lipinski definition) is 6. The molecule has 0 bridgehead atoms. The fourth-order valence-electron chi connectivity index (χ4n) is 3.20. The van der Waals surface area contributed by atoms with E-state index in [1.165, 1.54) is 11.1 Å². The fourth-order valence-corrected chi connectivity index (χ4v) is 3.52. The third-order valence-electron chi connectivity index (χ3n) is 4.76. The van der Waals surface area contributed by atoms with E-state index in [4.69, 9.17) is 21.7 Å². The Hall–Kier alpha value is -4.44. The predicted molar refractivity (Wildman–Crippen MR) is 135 cm³/mol. The van der Waals surface area contributed by atoms with Gasteiger partial charge in [-0.05, 0) is 42.0 Å². The van der Waals surface area contributed by atoms with Gasteiger partial charge in [-0.2, -0.15) is 5.10 Å². The number of hydrogen-bond donors (Lipinski definition) is 3. The molecule has 0 saturated heterocycles. The first-order valence-corrected chi connectivity index (χ1v) is 10.6. The van der Waals surface area contributed by atoms with Crippen molar-refractivity contribution < 1.29 is 19.1 Å². The molecule has 1 heterocycles. The van der Waals surface area contributed by atoms with Crippen molar-refractivity contribution in [2.24, 2.45) is 5.10 Å². The van der Waals surface area contributed by atoms with Crippen molar-refractivity contribution in [3.05, 3.63) is 78.4 Å². The number of fused-ring (bicyclic) bond motifs is 1. The Morgan fingerprint density at radius 1 is 1.06 bits per heavy atom. The highest BCUT2D eigenvalue weighted by Gasteiger charge is 2.29. The van der Waals surface area contributed by atoms with E-state index in [2.05, 4.69) is 21.2 Å². The van der Waals surface area contributed by atoms with E-state index in [0.29, 0.717) is 28.6 Å². The molecule has 0 radical (unpaired) electrons. The molecule has 0 fully saturated rings. The van der Waals surface area contributed by atoms with Crippen LogP contribution in [0.5, 0.6) is 11.5 Å². The molecule has 9 nitrogen and oxygen atoms in total. The first-order chi connectivity index (χ1) is 16.5. The molecule has 0 aliphatic carbocycles. The molecule has 1 aliphatic rings. The van der Waals surface area contributed by atoms with Crippen LogP contribution in [-0.4, -0.2) is 37.0 Å². The Bertz CT molecular complexity index is 1250. The second kappa shape index (κ2) is 10.5. The molecule has 1 aliphatic heterocycles. The number of nitrogens with one attached hydrogen (secondary N) is 3. The molecule has 3 aromatic rings. The number of hydrazone groups is 1. The second-order valence-corrected chi connectivity index (χ2v) is 7.48. The van der Waals surface area contributed by atoms with E-state index in [0.717, 1.165) is 5.56 Å². The molecule has 0 spiro atoms. The number of anilines is 3. The number of amides is 3. The van der Waals surface area contributed by atoms with Gasteiger partial charge in [0.1, 0.15) is 11.5 Å². The highest BCUT2D eigenvalue weighted by atomic mass is 32.1. The second-order valence-electron chi connectivity index (χ2n) is 7.10. The maximum atomic E-state index is 12.6. The number of rotatable bonds is 5. The van der Waals surface area contributed by atoms with Gasteiger partial charge in [-0.3, -0.25) is 9.69 Å². The molecular weight excluding hydrogens is 454 g/mol. The summed E-state index contributed by atoms with van der Waals surface area (Å²) in [7, 11) is 1.57. The lowest BCUT2D eigenvalue weighted by molar-refractivity contribution is -0.120. The molecular formula is C24H21N5O4S. The molecule has 0 saturated carbocycles. The van der Waals surface area contributed by atoms with Crippen LogP contribution < -0.4 is 30.4 Å². The zero-order chi connectivity index (χ0) is 23.9. The van der Waals surface area contributed by atoms with Crippen LogP contribution >= 0.6 is 12.2 Å². The summed E-state index contributed by atoms with van der Waals surface area (Å²) >= 11 is 5.48. The van der Waals surface area contributed by atoms with Crippen LogP contribution in [0.25, 0.3) is 0 Å². The summed E-state index contributed by atoms with van der Waals surface area (Å²) in [5.41, 5.74) is 4.86. The lowest BCUT2D eigenvalue weighted by atomic mass is 10.2. The van der Waals surface area contributed by atoms with Gasteiger partial charge in [0.2, 0.25) is 0 Å². The largest absolute Gasteiger partial charge is 0.497 e. The van der Waals surface area contributed by atoms with E-state index >= 15 is 0 Å². The van der Waals surface area contributed by atoms with Crippen molar-refractivity contribution in [2.75, 3.05) is 29.3 Å². The number of benzene rings is 3.